The minimum absolute atomic E-state index is 0.0341. The molecule has 1 aromatic heterocycles. The van der Waals surface area contributed by atoms with Gasteiger partial charge in [-0.25, -0.2) is 0 Å². The van der Waals surface area contributed by atoms with Crippen molar-refractivity contribution in [2.45, 2.75) is 26.4 Å². The van der Waals surface area contributed by atoms with Crippen molar-refractivity contribution in [3.05, 3.63) is 17.8 Å². The predicted molar refractivity (Wildman–Crippen MR) is 71.1 cm³/mol. The normalized spacial score (nSPS) is 17.9. The molecule has 0 aromatic carbocycles. The van der Waals surface area contributed by atoms with E-state index < -0.39 is 0 Å². The molecule has 7 nitrogen and oxygen atoms in total. The molecule has 0 saturated carbocycles. The average Bonchev–Trinajstić information content (AvgIpc) is 2.87. The van der Waals surface area contributed by atoms with Crippen molar-refractivity contribution in [2.24, 2.45) is 0 Å². The second kappa shape index (κ2) is 6.31. The summed E-state index contributed by atoms with van der Waals surface area (Å²) < 4.78 is 5.68. The Morgan fingerprint density at radius 2 is 2.25 bits per heavy atom. The summed E-state index contributed by atoms with van der Waals surface area (Å²) in [5.41, 5.74) is 0.830. The average molecular weight is 278 g/mol. The highest BCUT2D eigenvalue weighted by Gasteiger charge is 2.27. The Hall–Kier alpha value is -2.18. The molecule has 1 aliphatic rings. The lowest BCUT2D eigenvalue weighted by molar-refractivity contribution is -0.131. The molecular formula is C13H18N4O3. The number of rotatable bonds is 4. The summed E-state index contributed by atoms with van der Waals surface area (Å²) in [5.74, 6) is 0.165. The van der Waals surface area contributed by atoms with E-state index in [0.29, 0.717) is 19.0 Å². The van der Waals surface area contributed by atoms with Crippen LogP contribution in [0.4, 0.5) is 0 Å². The van der Waals surface area contributed by atoms with Crippen molar-refractivity contribution in [3.63, 3.8) is 0 Å². The summed E-state index contributed by atoms with van der Waals surface area (Å²) in [6, 6.07) is 3.60. The molecule has 108 valence electrons. The molecule has 2 amide bonds. The number of aromatic nitrogens is 2. The van der Waals surface area contributed by atoms with Crippen molar-refractivity contribution in [2.75, 3.05) is 19.6 Å². The lowest BCUT2D eigenvalue weighted by Gasteiger charge is -2.16. The van der Waals surface area contributed by atoms with Crippen molar-refractivity contribution in [1.82, 2.24) is 20.4 Å². The van der Waals surface area contributed by atoms with E-state index in [4.69, 9.17) is 4.74 Å². The van der Waals surface area contributed by atoms with Crippen LogP contribution in [0.2, 0.25) is 0 Å². The minimum Gasteiger partial charge on any atom is -0.471 e. The van der Waals surface area contributed by atoms with Gasteiger partial charge < -0.3 is 15.0 Å². The quantitative estimate of drug-likeness (QED) is 0.831. The van der Waals surface area contributed by atoms with Gasteiger partial charge in [-0.05, 0) is 13.0 Å². The molecule has 1 aliphatic heterocycles. The Bertz CT molecular complexity index is 489. The summed E-state index contributed by atoms with van der Waals surface area (Å²) in [6.07, 6.45) is 0.676. The fourth-order valence-corrected chi connectivity index (χ4v) is 1.98. The van der Waals surface area contributed by atoms with Gasteiger partial charge in [-0.1, -0.05) is 0 Å². The Morgan fingerprint density at radius 3 is 2.90 bits per heavy atom. The first-order chi connectivity index (χ1) is 9.54. The van der Waals surface area contributed by atoms with E-state index in [1.54, 1.807) is 11.0 Å². The van der Waals surface area contributed by atoms with Crippen LogP contribution in [0.15, 0.2) is 12.1 Å². The highest BCUT2D eigenvalue weighted by Crippen LogP contribution is 2.16. The lowest BCUT2D eigenvalue weighted by Crippen LogP contribution is -2.39. The van der Waals surface area contributed by atoms with Crippen molar-refractivity contribution in [3.8, 4) is 5.88 Å². The topological polar surface area (TPSA) is 84.4 Å². The van der Waals surface area contributed by atoms with Gasteiger partial charge in [0.05, 0.1) is 18.8 Å². The van der Waals surface area contributed by atoms with Crippen LogP contribution in [0.25, 0.3) is 0 Å². The molecule has 0 radical (unpaired) electrons. The van der Waals surface area contributed by atoms with E-state index in [1.807, 2.05) is 13.0 Å². The number of nitrogens with zero attached hydrogens (tertiary/aromatic N) is 3. The predicted octanol–water partition coefficient (Wildman–Crippen LogP) is -0.0992. The third-order valence-corrected chi connectivity index (χ3v) is 3.05. The van der Waals surface area contributed by atoms with E-state index >= 15 is 0 Å². The summed E-state index contributed by atoms with van der Waals surface area (Å²) in [7, 11) is 0. The standard InChI is InChI=1S/C13H18N4O3/c1-9-3-4-12(16-15-9)20-11-5-6-17(8-11)13(19)7-14-10(2)18/h3-4,11H,5-8H2,1-2H3,(H,14,18)/t11-/m0/s1. The van der Waals surface area contributed by atoms with Gasteiger partial charge in [0.15, 0.2) is 0 Å². The molecule has 1 saturated heterocycles. The molecule has 1 aromatic rings. The SMILES string of the molecule is CC(=O)NCC(=O)N1CC[C@H](Oc2ccc(C)nn2)C1. The first kappa shape index (κ1) is 14.2. The number of likely N-dealkylation sites (tertiary alicyclic amines) is 1. The molecule has 0 spiro atoms. The van der Waals surface area contributed by atoms with Crippen LogP contribution < -0.4 is 10.1 Å². The summed E-state index contributed by atoms with van der Waals surface area (Å²) >= 11 is 0. The number of nitrogens with one attached hydrogen (secondary N) is 1. The smallest absolute Gasteiger partial charge is 0.242 e. The van der Waals surface area contributed by atoms with Crippen LogP contribution in [0.1, 0.15) is 19.0 Å². The largest absolute Gasteiger partial charge is 0.471 e. The number of carbonyl (C=O) groups excluding carboxylic acids is 2. The molecule has 0 unspecified atom stereocenters. The number of carbonyl (C=O) groups is 2. The van der Waals surface area contributed by atoms with Crippen LogP contribution in [-0.4, -0.2) is 52.6 Å². The van der Waals surface area contributed by atoms with Crippen LogP contribution in [0.5, 0.6) is 5.88 Å². The molecule has 20 heavy (non-hydrogen) atoms. The molecule has 2 heterocycles. The number of ether oxygens (including phenoxy) is 1. The molecule has 1 fully saturated rings. The number of hydrogen-bond acceptors (Lipinski definition) is 5. The van der Waals surface area contributed by atoms with E-state index in [2.05, 4.69) is 15.5 Å². The Kier molecular flexibility index (Phi) is 4.49. The van der Waals surface area contributed by atoms with Crippen molar-refractivity contribution >= 4 is 11.8 Å². The van der Waals surface area contributed by atoms with Crippen molar-refractivity contribution in [1.29, 1.82) is 0 Å². The lowest BCUT2D eigenvalue weighted by atomic mass is 10.3. The zero-order chi connectivity index (χ0) is 14.5. The highest BCUT2D eigenvalue weighted by atomic mass is 16.5. The maximum atomic E-state index is 11.8. The maximum Gasteiger partial charge on any atom is 0.242 e. The summed E-state index contributed by atoms with van der Waals surface area (Å²) in [4.78, 5) is 24.3. The van der Waals surface area contributed by atoms with Gasteiger partial charge in [0.1, 0.15) is 6.10 Å². The third kappa shape index (κ3) is 3.91. The fraction of sp³-hybridized carbons (Fsp3) is 0.538. The first-order valence-electron chi connectivity index (χ1n) is 6.54. The van der Waals surface area contributed by atoms with E-state index in [0.717, 1.165) is 12.1 Å². The van der Waals surface area contributed by atoms with Gasteiger partial charge in [0.2, 0.25) is 17.7 Å². The van der Waals surface area contributed by atoms with Gasteiger partial charge in [-0.2, -0.15) is 5.10 Å². The molecule has 1 N–H and O–H groups in total. The van der Waals surface area contributed by atoms with Crippen molar-refractivity contribution < 1.29 is 14.3 Å². The van der Waals surface area contributed by atoms with Gasteiger partial charge in [-0.3, -0.25) is 9.59 Å². The van der Waals surface area contributed by atoms with Crippen LogP contribution in [0, 0.1) is 6.92 Å². The first-order valence-corrected chi connectivity index (χ1v) is 6.54. The molecule has 2 rings (SSSR count). The van der Waals surface area contributed by atoms with Crippen LogP contribution >= 0.6 is 0 Å². The van der Waals surface area contributed by atoms with Gasteiger partial charge >= 0.3 is 0 Å². The van der Waals surface area contributed by atoms with Gasteiger partial charge in [0.25, 0.3) is 0 Å². The molecule has 1 atom stereocenters. The molecule has 7 heteroatoms. The van der Waals surface area contributed by atoms with E-state index in [-0.39, 0.29) is 24.5 Å². The zero-order valence-electron chi connectivity index (χ0n) is 11.6. The van der Waals surface area contributed by atoms with Gasteiger partial charge in [-0.15, -0.1) is 5.10 Å². The Morgan fingerprint density at radius 1 is 1.45 bits per heavy atom. The number of hydrogen-bond donors (Lipinski definition) is 1. The van der Waals surface area contributed by atoms with Crippen LogP contribution in [0.3, 0.4) is 0 Å². The fourth-order valence-electron chi connectivity index (χ4n) is 1.98. The van der Waals surface area contributed by atoms with E-state index in [1.165, 1.54) is 6.92 Å². The highest BCUT2D eigenvalue weighted by molar-refractivity contribution is 5.83. The molecule has 0 aliphatic carbocycles. The minimum atomic E-state index is -0.208. The summed E-state index contributed by atoms with van der Waals surface area (Å²) in [5, 5.41) is 10.4. The van der Waals surface area contributed by atoms with Crippen LogP contribution in [-0.2, 0) is 9.59 Å². The second-order valence-electron chi connectivity index (χ2n) is 4.79. The second-order valence-corrected chi connectivity index (χ2v) is 4.79. The Balaban J connectivity index is 1.81. The number of aryl methyl sites for hydroxylation is 1. The maximum absolute atomic E-state index is 11.8. The van der Waals surface area contributed by atoms with Gasteiger partial charge in [0, 0.05) is 26.0 Å². The monoisotopic (exact) mass is 278 g/mol. The zero-order valence-corrected chi connectivity index (χ0v) is 11.6. The summed E-state index contributed by atoms with van der Waals surface area (Å²) in [6.45, 7) is 4.41. The van der Waals surface area contributed by atoms with E-state index in [9.17, 15) is 9.59 Å². The Labute approximate surface area is 117 Å². The third-order valence-electron chi connectivity index (χ3n) is 3.05. The molecule has 0 bridgehead atoms. The molecular weight excluding hydrogens is 260 g/mol. The number of amides is 2.